The van der Waals surface area contributed by atoms with Crippen LogP contribution >= 0.6 is 0 Å². The predicted molar refractivity (Wildman–Crippen MR) is 107 cm³/mol. The number of carbonyl (C=O) groups excluding carboxylic acids is 1. The van der Waals surface area contributed by atoms with Crippen molar-refractivity contribution in [3.05, 3.63) is 53.6 Å². The first kappa shape index (κ1) is 20.6. The number of ether oxygens (including phenoxy) is 3. The van der Waals surface area contributed by atoms with E-state index >= 15 is 0 Å². The quantitative estimate of drug-likeness (QED) is 0.583. The van der Waals surface area contributed by atoms with Crippen LogP contribution in [0.3, 0.4) is 0 Å². The summed E-state index contributed by atoms with van der Waals surface area (Å²) in [6.07, 6.45) is 2.04. The van der Waals surface area contributed by atoms with E-state index in [9.17, 15) is 4.79 Å². The van der Waals surface area contributed by atoms with Gasteiger partial charge in [-0.1, -0.05) is 31.0 Å². The van der Waals surface area contributed by atoms with Crippen molar-refractivity contribution in [2.45, 2.75) is 26.7 Å². The van der Waals surface area contributed by atoms with Crippen molar-refractivity contribution in [2.24, 2.45) is 0 Å². The van der Waals surface area contributed by atoms with Gasteiger partial charge in [-0.05, 0) is 43.7 Å². The summed E-state index contributed by atoms with van der Waals surface area (Å²) in [5.41, 5.74) is 1.75. The molecular weight excluding hydrogens is 342 g/mol. The van der Waals surface area contributed by atoms with Crippen LogP contribution in [-0.4, -0.2) is 44.7 Å². The van der Waals surface area contributed by atoms with Gasteiger partial charge in [-0.2, -0.15) is 0 Å². The van der Waals surface area contributed by atoms with Crippen LogP contribution < -0.4 is 14.2 Å². The van der Waals surface area contributed by atoms with E-state index in [0.29, 0.717) is 36.8 Å². The van der Waals surface area contributed by atoms with Gasteiger partial charge in [-0.25, -0.2) is 0 Å². The third-order valence-corrected chi connectivity index (χ3v) is 4.23. The van der Waals surface area contributed by atoms with E-state index < -0.39 is 0 Å². The minimum atomic E-state index is -0.0825. The molecule has 0 saturated heterocycles. The number of aryl methyl sites for hydroxylation is 1. The van der Waals surface area contributed by atoms with Crippen molar-refractivity contribution in [1.82, 2.24) is 4.90 Å². The second-order valence-electron chi connectivity index (χ2n) is 6.46. The monoisotopic (exact) mass is 371 g/mol. The fraction of sp³-hybridized carbons (Fsp3) is 0.409. The Morgan fingerprint density at radius 3 is 2.41 bits per heavy atom. The number of rotatable bonds is 10. The summed E-state index contributed by atoms with van der Waals surface area (Å²) < 4.78 is 16.8. The number of methoxy groups -OCH3 is 1. The number of unbranched alkanes of at least 4 members (excludes halogenated alkanes) is 1. The summed E-state index contributed by atoms with van der Waals surface area (Å²) in [6.45, 7) is 5.70. The van der Waals surface area contributed by atoms with E-state index in [1.807, 2.05) is 31.2 Å². The molecule has 0 fully saturated rings. The van der Waals surface area contributed by atoms with Crippen LogP contribution in [0.5, 0.6) is 17.2 Å². The Bertz CT molecular complexity index is 728. The molecule has 146 valence electrons. The molecule has 5 nitrogen and oxygen atoms in total. The summed E-state index contributed by atoms with van der Waals surface area (Å²) in [5.74, 6) is 1.95. The third kappa shape index (κ3) is 6.20. The minimum absolute atomic E-state index is 0.0825. The van der Waals surface area contributed by atoms with Crippen LogP contribution in [-0.2, 0) is 0 Å². The topological polar surface area (TPSA) is 48.0 Å². The molecule has 27 heavy (non-hydrogen) atoms. The number of amides is 1. The highest BCUT2D eigenvalue weighted by Crippen LogP contribution is 2.28. The molecule has 0 spiro atoms. The first-order valence-corrected chi connectivity index (χ1v) is 9.31. The molecule has 0 aliphatic heterocycles. The molecule has 2 rings (SSSR count). The number of nitrogens with zero attached hydrogens (tertiary/aromatic N) is 1. The average Bonchev–Trinajstić information content (AvgIpc) is 2.69. The van der Waals surface area contributed by atoms with Gasteiger partial charge < -0.3 is 19.1 Å². The molecule has 0 bridgehead atoms. The fourth-order valence-corrected chi connectivity index (χ4v) is 2.50. The van der Waals surface area contributed by atoms with E-state index in [1.54, 1.807) is 37.3 Å². The van der Waals surface area contributed by atoms with E-state index in [4.69, 9.17) is 14.2 Å². The summed E-state index contributed by atoms with van der Waals surface area (Å²) >= 11 is 0. The van der Waals surface area contributed by atoms with Crippen molar-refractivity contribution in [3.8, 4) is 17.2 Å². The standard InChI is InChI=1S/C22H29NO4/c1-5-6-14-27-20-12-9-18(16-21(20)25-4)22(24)23(3)13-15-26-19-10-7-17(2)8-11-19/h7-12,16H,5-6,13-15H2,1-4H3. The Labute approximate surface area is 161 Å². The molecule has 2 aromatic carbocycles. The second-order valence-corrected chi connectivity index (χ2v) is 6.46. The highest BCUT2D eigenvalue weighted by atomic mass is 16.5. The van der Waals surface area contributed by atoms with E-state index in [-0.39, 0.29) is 5.91 Å². The smallest absolute Gasteiger partial charge is 0.253 e. The van der Waals surface area contributed by atoms with E-state index in [1.165, 1.54) is 5.56 Å². The number of likely N-dealkylation sites (N-methyl/N-ethyl adjacent to an activating group) is 1. The molecule has 0 aromatic heterocycles. The molecule has 1 amide bonds. The number of hydrogen-bond acceptors (Lipinski definition) is 4. The molecule has 0 atom stereocenters. The van der Waals surface area contributed by atoms with Gasteiger partial charge in [-0.15, -0.1) is 0 Å². The number of carbonyl (C=O) groups is 1. The van der Waals surface area contributed by atoms with E-state index in [2.05, 4.69) is 6.92 Å². The summed E-state index contributed by atoms with van der Waals surface area (Å²) in [7, 11) is 3.34. The highest BCUT2D eigenvalue weighted by Gasteiger charge is 2.15. The summed E-state index contributed by atoms with van der Waals surface area (Å²) in [6, 6.07) is 13.1. The molecule has 0 saturated carbocycles. The lowest BCUT2D eigenvalue weighted by Crippen LogP contribution is -2.30. The zero-order valence-electron chi connectivity index (χ0n) is 16.7. The van der Waals surface area contributed by atoms with Crippen LogP contribution in [0.1, 0.15) is 35.7 Å². The Balaban J connectivity index is 1.91. The van der Waals surface area contributed by atoms with Gasteiger partial charge in [0.1, 0.15) is 12.4 Å². The lowest BCUT2D eigenvalue weighted by atomic mass is 10.1. The second kappa shape index (κ2) is 10.5. The first-order chi connectivity index (χ1) is 13.0. The maximum Gasteiger partial charge on any atom is 0.253 e. The predicted octanol–water partition coefficient (Wildman–Crippen LogP) is 4.33. The molecule has 0 unspecified atom stereocenters. The Kier molecular flexibility index (Phi) is 7.99. The zero-order valence-corrected chi connectivity index (χ0v) is 16.7. The lowest BCUT2D eigenvalue weighted by Gasteiger charge is -2.18. The molecular formula is C22H29NO4. The number of benzene rings is 2. The fourth-order valence-electron chi connectivity index (χ4n) is 2.50. The Morgan fingerprint density at radius 1 is 1.00 bits per heavy atom. The number of hydrogen-bond donors (Lipinski definition) is 0. The molecule has 5 heteroatoms. The normalized spacial score (nSPS) is 10.4. The van der Waals surface area contributed by atoms with Crippen molar-refractivity contribution >= 4 is 5.91 Å². The maximum absolute atomic E-state index is 12.6. The third-order valence-electron chi connectivity index (χ3n) is 4.23. The van der Waals surface area contributed by atoms with Gasteiger partial charge in [0.15, 0.2) is 11.5 Å². The molecule has 0 heterocycles. The Morgan fingerprint density at radius 2 is 1.74 bits per heavy atom. The van der Waals surface area contributed by atoms with Crippen LogP contribution in [0.4, 0.5) is 0 Å². The average molecular weight is 371 g/mol. The van der Waals surface area contributed by atoms with Crippen LogP contribution in [0, 0.1) is 6.92 Å². The minimum Gasteiger partial charge on any atom is -0.493 e. The van der Waals surface area contributed by atoms with E-state index in [0.717, 1.165) is 18.6 Å². The van der Waals surface area contributed by atoms with Gasteiger partial charge in [0, 0.05) is 12.6 Å². The van der Waals surface area contributed by atoms with Crippen molar-refractivity contribution in [1.29, 1.82) is 0 Å². The lowest BCUT2D eigenvalue weighted by molar-refractivity contribution is 0.0773. The van der Waals surface area contributed by atoms with Crippen molar-refractivity contribution in [3.63, 3.8) is 0 Å². The van der Waals surface area contributed by atoms with Crippen LogP contribution in [0.2, 0.25) is 0 Å². The van der Waals surface area contributed by atoms with Gasteiger partial charge in [0.25, 0.3) is 5.91 Å². The summed E-state index contributed by atoms with van der Waals surface area (Å²) in [5, 5.41) is 0. The highest BCUT2D eigenvalue weighted by molar-refractivity contribution is 5.94. The Hall–Kier alpha value is -2.69. The first-order valence-electron chi connectivity index (χ1n) is 9.31. The molecule has 0 aliphatic carbocycles. The zero-order chi connectivity index (χ0) is 19.6. The van der Waals surface area contributed by atoms with Gasteiger partial charge >= 0.3 is 0 Å². The molecule has 0 N–H and O–H groups in total. The van der Waals surface area contributed by atoms with Gasteiger partial charge in [-0.3, -0.25) is 4.79 Å². The largest absolute Gasteiger partial charge is 0.493 e. The maximum atomic E-state index is 12.6. The van der Waals surface area contributed by atoms with Gasteiger partial charge in [0.05, 0.1) is 20.3 Å². The SMILES string of the molecule is CCCCOc1ccc(C(=O)N(C)CCOc2ccc(C)cc2)cc1OC. The van der Waals surface area contributed by atoms with Crippen LogP contribution in [0.25, 0.3) is 0 Å². The summed E-state index contributed by atoms with van der Waals surface area (Å²) in [4.78, 5) is 14.3. The molecule has 2 aromatic rings. The van der Waals surface area contributed by atoms with Crippen molar-refractivity contribution < 1.29 is 19.0 Å². The van der Waals surface area contributed by atoms with Crippen molar-refractivity contribution in [2.75, 3.05) is 33.9 Å². The molecule has 0 radical (unpaired) electrons. The van der Waals surface area contributed by atoms with Crippen LogP contribution in [0.15, 0.2) is 42.5 Å². The molecule has 0 aliphatic rings. The van der Waals surface area contributed by atoms with Gasteiger partial charge in [0.2, 0.25) is 0 Å².